The number of fused-ring (bicyclic) bond motifs is 1. The highest BCUT2D eigenvalue weighted by molar-refractivity contribution is 7.92. The molecule has 0 fully saturated rings. The van der Waals surface area contributed by atoms with Gasteiger partial charge in [-0.05, 0) is 44.8 Å². The first-order chi connectivity index (χ1) is 16.9. The fraction of sp³-hybridized carbons (Fsp3) is 0.375. The van der Waals surface area contributed by atoms with Gasteiger partial charge in [0.05, 0.1) is 29.6 Å². The SMILES string of the molecule is CCOC(=O)Cn1c(C(O)c2ccc(C(=N)N)cc2)nc2ccc(N(CCN(C)C)S(C)(=O)=O)cc21. The van der Waals surface area contributed by atoms with Crippen LogP contribution < -0.4 is 10.0 Å². The van der Waals surface area contributed by atoms with E-state index >= 15 is 0 Å². The Morgan fingerprint density at radius 3 is 2.42 bits per heavy atom. The predicted molar refractivity (Wildman–Crippen MR) is 139 cm³/mol. The number of aliphatic hydroxyl groups excluding tert-OH is 1. The second kappa shape index (κ2) is 11.1. The van der Waals surface area contributed by atoms with E-state index in [0.29, 0.717) is 34.4 Å². The first-order valence-electron chi connectivity index (χ1n) is 11.3. The van der Waals surface area contributed by atoms with Gasteiger partial charge in [0.1, 0.15) is 24.3 Å². The molecular weight excluding hydrogens is 484 g/mol. The van der Waals surface area contributed by atoms with E-state index in [1.807, 2.05) is 19.0 Å². The van der Waals surface area contributed by atoms with Crippen molar-refractivity contribution in [2.24, 2.45) is 5.73 Å². The highest BCUT2D eigenvalue weighted by Gasteiger charge is 2.24. The maximum Gasteiger partial charge on any atom is 0.326 e. The third-order valence-electron chi connectivity index (χ3n) is 5.57. The number of imidazole rings is 1. The van der Waals surface area contributed by atoms with Crippen molar-refractivity contribution >= 4 is 38.5 Å². The quantitative estimate of drug-likeness (QED) is 0.196. The zero-order chi connectivity index (χ0) is 26.6. The summed E-state index contributed by atoms with van der Waals surface area (Å²) < 4.78 is 33.1. The van der Waals surface area contributed by atoms with Crippen LogP contribution >= 0.6 is 0 Å². The summed E-state index contributed by atoms with van der Waals surface area (Å²) in [5.74, 6) is -0.414. The molecule has 194 valence electrons. The standard InChI is InChI=1S/C24H32N6O5S/c1-5-35-21(31)15-29-20-14-18(30(36(4,33)34)13-12-28(2)3)10-11-19(20)27-24(29)22(32)16-6-8-17(9-7-16)23(25)26/h6-11,14,22,32H,5,12-13,15H2,1-4H3,(H3,25,26). The number of hydrogen-bond acceptors (Lipinski definition) is 8. The monoisotopic (exact) mass is 516 g/mol. The summed E-state index contributed by atoms with van der Waals surface area (Å²) >= 11 is 0. The van der Waals surface area contributed by atoms with Crippen molar-refractivity contribution in [3.63, 3.8) is 0 Å². The molecule has 36 heavy (non-hydrogen) atoms. The lowest BCUT2D eigenvalue weighted by atomic mass is 10.1. The van der Waals surface area contributed by atoms with Gasteiger partial charge < -0.3 is 25.0 Å². The van der Waals surface area contributed by atoms with Crippen molar-refractivity contribution in [2.45, 2.75) is 19.6 Å². The Balaban J connectivity index is 2.13. The number of nitrogens with zero attached hydrogens (tertiary/aromatic N) is 4. The molecule has 3 rings (SSSR count). The number of nitrogen functional groups attached to an aromatic ring is 1. The smallest absolute Gasteiger partial charge is 0.326 e. The van der Waals surface area contributed by atoms with Gasteiger partial charge in [0.2, 0.25) is 10.0 Å². The predicted octanol–water partition coefficient (Wildman–Crippen LogP) is 1.29. The lowest BCUT2D eigenvalue weighted by Crippen LogP contribution is -2.36. The summed E-state index contributed by atoms with van der Waals surface area (Å²) in [5.41, 5.74) is 7.90. The van der Waals surface area contributed by atoms with E-state index in [1.165, 1.54) is 8.87 Å². The molecule has 1 unspecified atom stereocenters. The molecule has 0 saturated heterocycles. The average Bonchev–Trinajstić information content (AvgIpc) is 3.15. The molecule has 0 aliphatic rings. The summed E-state index contributed by atoms with van der Waals surface area (Å²) in [6.07, 6.45) is -0.0566. The molecule has 0 saturated carbocycles. The van der Waals surface area contributed by atoms with Crippen molar-refractivity contribution in [3.8, 4) is 0 Å². The molecule has 11 nitrogen and oxygen atoms in total. The normalized spacial score (nSPS) is 12.6. The van der Waals surface area contributed by atoms with E-state index in [1.54, 1.807) is 49.4 Å². The molecule has 0 bridgehead atoms. The number of aliphatic hydroxyl groups is 1. The van der Waals surface area contributed by atoms with Gasteiger partial charge in [0, 0.05) is 18.7 Å². The number of hydrogen-bond donors (Lipinski definition) is 3. The van der Waals surface area contributed by atoms with E-state index in [4.69, 9.17) is 15.9 Å². The Morgan fingerprint density at radius 1 is 1.19 bits per heavy atom. The van der Waals surface area contributed by atoms with Crippen molar-refractivity contribution in [3.05, 3.63) is 59.4 Å². The van der Waals surface area contributed by atoms with Crippen LogP contribution in [0.2, 0.25) is 0 Å². The maximum atomic E-state index is 12.5. The Hall–Kier alpha value is -3.48. The maximum absolute atomic E-state index is 12.5. The molecule has 3 aromatic rings. The molecule has 12 heteroatoms. The number of nitrogens with two attached hydrogens (primary N) is 1. The number of rotatable bonds is 11. The highest BCUT2D eigenvalue weighted by atomic mass is 32.2. The minimum atomic E-state index is -3.58. The number of nitrogens with one attached hydrogen (secondary N) is 1. The topological polar surface area (TPSA) is 155 Å². The van der Waals surface area contributed by atoms with Gasteiger partial charge >= 0.3 is 5.97 Å². The summed E-state index contributed by atoms with van der Waals surface area (Å²) in [5, 5.41) is 18.7. The van der Waals surface area contributed by atoms with Crippen LogP contribution in [0.1, 0.15) is 30.0 Å². The molecule has 0 spiro atoms. The molecule has 2 aromatic carbocycles. The van der Waals surface area contributed by atoms with E-state index in [2.05, 4.69) is 4.98 Å². The second-order valence-corrected chi connectivity index (χ2v) is 10.5. The number of anilines is 1. The number of carbonyl (C=O) groups is 1. The summed E-state index contributed by atoms with van der Waals surface area (Å²) in [6, 6.07) is 11.5. The molecule has 0 aliphatic heterocycles. The average molecular weight is 517 g/mol. The van der Waals surface area contributed by atoms with Crippen molar-refractivity contribution in [1.29, 1.82) is 5.41 Å². The molecule has 0 amide bonds. The summed E-state index contributed by atoms with van der Waals surface area (Å²) in [6.45, 7) is 2.41. The highest BCUT2D eigenvalue weighted by Crippen LogP contribution is 2.29. The Labute approximate surface area is 210 Å². The van der Waals surface area contributed by atoms with Crippen LogP contribution in [0, 0.1) is 5.41 Å². The molecule has 0 radical (unpaired) electrons. The zero-order valence-corrected chi connectivity index (χ0v) is 21.6. The lowest BCUT2D eigenvalue weighted by Gasteiger charge is -2.24. The number of carbonyl (C=O) groups excluding carboxylic acids is 1. The van der Waals surface area contributed by atoms with Gasteiger partial charge in [-0.25, -0.2) is 13.4 Å². The fourth-order valence-electron chi connectivity index (χ4n) is 3.77. The van der Waals surface area contributed by atoms with Crippen LogP contribution in [0.5, 0.6) is 0 Å². The van der Waals surface area contributed by atoms with Crippen molar-refractivity contribution in [1.82, 2.24) is 14.5 Å². The van der Waals surface area contributed by atoms with Crippen LogP contribution in [-0.2, 0) is 26.1 Å². The second-order valence-electron chi connectivity index (χ2n) is 8.61. The number of likely N-dealkylation sites (N-methyl/N-ethyl adjacent to an activating group) is 1. The number of esters is 1. The number of amidine groups is 1. The minimum absolute atomic E-state index is 0.0946. The van der Waals surface area contributed by atoms with E-state index in [0.717, 1.165) is 6.26 Å². The van der Waals surface area contributed by atoms with Gasteiger partial charge in [0.15, 0.2) is 0 Å². The minimum Gasteiger partial charge on any atom is -0.465 e. The summed E-state index contributed by atoms with van der Waals surface area (Å²) in [7, 11) is 0.130. The first kappa shape index (κ1) is 27.1. The van der Waals surface area contributed by atoms with Crippen molar-refractivity contribution in [2.75, 3.05) is 44.4 Å². The van der Waals surface area contributed by atoms with Crippen LogP contribution in [0.15, 0.2) is 42.5 Å². The van der Waals surface area contributed by atoms with Crippen LogP contribution in [-0.4, -0.2) is 79.8 Å². The molecule has 1 atom stereocenters. The Kier molecular flexibility index (Phi) is 8.33. The van der Waals surface area contributed by atoms with E-state index in [-0.39, 0.29) is 31.4 Å². The zero-order valence-electron chi connectivity index (χ0n) is 20.8. The van der Waals surface area contributed by atoms with Gasteiger partial charge in [-0.1, -0.05) is 24.3 Å². The summed E-state index contributed by atoms with van der Waals surface area (Å²) in [4.78, 5) is 18.9. The number of ether oxygens (including phenoxy) is 1. The molecule has 1 aromatic heterocycles. The van der Waals surface area contributed by atoms with Crippen LogP contribution in [0.3, 0.4) is 0 Å². The number of aromatic nitrogens is 2. The number of sulfonamides is 1. The lowest BCUT2D eigenvalue weighted by molar-refractivity contribution is -0.143. The fourth-order valence-corrected chi connectivity index (χ4v) is 4.68. The molecule has 1 heterocycles. The van der Waals surface area contributed by atoms with Crippen LogP contribution in [0.25, 0.3) is 11.0 Å². The Morgan fingerprint density at radius 2 is 1.86 bits per heavy atom. The molecule has 0 aliphatic carbocycles. The molecule has 4 N–H and O–H groups in total. The van der Waals surface area contributed by atoms with Gasteiger partial charge in [-0.2, -0.15) is 0 Å². The van der Waals surface area contributed by atoms with E-state index < -0.39 is 22.1 Å². The third kappa shape index (κ3) is 6.20. The first-order valence-corrected chi connectivity index (χ1v) is 13.2. The van der Waals surface area contributed by atoms with Gasteiger partial charge in [-0.15, -0.1) is 0 Å². The van der Waals surface area contributed by atoms with E-state index in [9.17, 15) is 18.3 Å². The van der Waals surface area contributed by atoms with Gasteiger partial charge in [-0.3, -0.25) is 14.5 Å². The van der Waals surface area contributed by atoms with Crippen molar-refractivity contribution < 1.29 is 23.1 Å². The molecular formula is C24H32N6O5S. The van der Waals surface area contributed by atoms with Crippen LogP contribution in [0.4, 0.5) is 5.69 Å². The van der Waals surface area contributed by atoms with Gasteiger partial charge in [0.25, 0.3) is 0 Å². The number of benzene rings is 2. The largest absolute Gasteiger partial charge is 0.465 e. The Bertz CT molecular complexity index is 1350. The third-order valence-corrected chi connectivity index (χ3v) is 6.77.